The highest BCUT2D eigenvalue weighted by Crippen LogP contribution is 2.05. The Labute approximate surface area is 160 Å². The monoisotopic (exact) mass is 398 g/mol. The second-order valence-electron chi connectivity index (χ2n) is 5.54. The zero-order chi connectivity index (χ0) is 20.2. The number of carboxylic acid groups (broad SMARTS) is 2. The summed E-state index contributed by atoms with van der Waals surface area (Å²) < 4.78 is 5.06. The molecular formula is C17H22N2O7S. The van der Waals surface area contributed by atoms with E-state index in [2.05, 4.69) is 10.6 Å². The Morgan fingerprint density at radius 1 is 1.07 bits per heavy atom. The summed E-state index contributed by atoms with van der Waals surface area (Å²) in [6, 6.07) is 6.32. The van der Waals surface area contributed by atoms with E-state index < -0.39 is 42.4 Å². The normalized spacial score (nSPS) is 12.5. The molecule has 148 valence electrons. The minimum atomic E-state index is -1.59. The number of carboxylic acids is 2. The number of benzene rings is 1. The Morgan fingerprint density at radius 2 is 1.74 bits per heavy atom. The van der Waals surface area contributed by atoms with E-state index in [1.54, 1.807) is 24.3 Å². The van der Waals surface area contributed by atoms with Gasteiger partial charge in [0.05, 0.1) is 6.42 Å². The predicted octanol–water partition coefficient (Wildman–Crippen LogP) is 1.08. The fourth-order valence-corrected chi connectivity index (χ4v) is 2.53. The van der Waals surface area contributed by atoms with Gasteiger partial charge in [-0.2, -0.15) is 11.8 Å². The Morgan fingerprint density at radius 3 is 2.30 bits per heavy atom. The van der Waals surface area contributed by atoms with E-state index in [1.807, 2.05) is 12.3 Å². The van der Waals surface area contributed by atoms with E-state index in [0.29, 0.717) is 5.75 Å². The van der Waals surface area contributed by atoms with Crippen molar-refractivity contribution < 1.29 is 34.1 Å². The van der Waals surface area contributed by atoms with Crippen LogP contribution in [-0.4, -0.2) is 58.2 Å². The minimum absolute atomic E-state index is 0.0142. The third-order valence-corrected chi connectivity index (χ3v) is 4.07. The number of amides is 2. The lowest BCUT2D eigenvalue weighted by atomic mass is 10.1. The van der Waals surface area contributed by atoms with Crippen molar-refractivity contribution in [2.75, 3.05) is 12.0 Å². The van der Waals surface area contributed by atoms with Crippen LogP contribution in [0.1, 0.15) is 18.4 Å². The van der Waals surface area contributed by atoms with E-state index in [-0.39, 0.29) is 13.0 Å². The van der Waals surface area contributed by atoms with Crippen LogP contribution in [-0.2, 0) is 25.7 Å². The number of hydrogen-bond acceptors (Lipinski definition) is 6. The van der Waals surface area contributed by atoms with Crippen molar-refractivity contribution in [2.45, 2.75) is 31.5 Å². The zero-order valence-electron chi connectivity index (χ0n) is 14.7. The summed E-state index contributed by atoms with van der Waals surface area (Å²) in [5, 5.41) is 22.3. The highest BCUT2D eigenvalue weighted by Gasteiger charge is 2.28. The highest BCUT2D eigenvalue weighted by atomic mass is 32.2. The Bertz CT molecular complexity index is 654. The molecular weight excluding hydrogens is 376 g/mol. The van der Waals surface area contributed by atoms with Crippen LogP contribution in [0.25, 0.3) is 0 Å². The molecule has 0 saturated heterocycles. The second kappa shape index (κ2) is 11.8. The van der Waals surface area contributed by atoms with Crippen molar-refractivity contribution in [3.05, 3.63) is 35.9 Å². The van der Waals surface area contributed by atoms with Crippen molar-refractivity contribution in [1.29, 1.82) is 0 Å². The van der Waals surface area contributed by atoms with Gasteiger partial charge in [-0.15, -0.1) is 0 Å². The molecule has 0 aromatic heterocycles. The first-order valence-corrected chi connectivity index (χ1v) is 9.44. The fraction of sp³-hybridized carbons (Fsp3) is 0.412. The molecule has 0 bridgehead atoms. The van der Waals surface area contributed by atoms with Crippen molar-refractivity contribution in [3.8, 4) is 0 Å². The predicted molar refractivity (Wildman–Crippen MR) is 98.4 cm³/mol. The van der Waals surface area contributed by atoms with Crippen LogP contribution in [0.3, 0.4) is 0 Å². The fourth-order valence-electron chi connectivity index (χ4n) is 2.06. The summed E-state index contributed by atoms with van der Waals surface area (Å²) in [5.74, 6) is -3.10. The number of aliphatic carboxylic acids is 2. The van der Waals surface area contributed by atoms with E-state index in [1.165, 1.54) is 11.8 Å². The first-order valence-electron chi connectivity index (χ1n) is 8.04. The Balaban J connectivity index is 2.66. The molecule has 27 heavy (non-hydrogen) atoms. The topological polar surface area (TPSA) is 142 Å². The summed E-state index contributed by atoms with van der Waals surface area (Å²) in [6.07, 6.45) is 0.444. The van der Waals surface area contributed by atoms with Crippen LogP contribution in [0.4, 0.5) is 4.79 Å². The standard InChI is InChI=1S/C17H22N2O7S/c1-27-8-7-12(15(22)18-13(16(23)24)9-14(20)21)19-17(25)26-10-11-5-3-2-4-6-11/h2-6,12-13H,7-10H2,1H3,(H,18,22)(H,19,25)(H,20,21)(H,23,24)/t12-,13-/m0/s1. The number of alkyl carbamates (subject to hydrolysis) is 1. The maximum Gasteiger partial charge on any atom is 0.408 e. The summed E-state index contributed by atoms with van der Waals surface area (Å²) in [7, 11) is 0. The first-order chi connectivity index (χ1) is 12.8. The van der Waals surface area contributed by atoms with Crippen LogP contribution >= 0.6 is 11.8 Å². The van der Waals surface area contributed by atoms with Crippen LogP contribution in [0.15, 0.2) is 30.3 Å². The average molecular weight is 398 g/mol. The number of nitrogens with one attached hydrogen (secondary N) is 2. The van der Waals surface area contributed by atoms with Crippen LogP contribution < -0.4 is 10.6 Å². The minimum Gasteiger partial charge on any atom is -0.481 e. The van der Waals surface area contributed by atoms with Crippen molar-refractivity contribution in [3.63, 3.8) is 0 Å². The zero-order valence-corrected chi connectivity index (χ0v) is 15.5. The molecule has 0 aliphatic heterocycles. The van der Waals surface area contributed by atoms with E-state index in [9.17, 15) is 19.2 Å². The molecule has 1 aromatic rings. The SMILES string of the molecule is CSCC[C@H](NC(=O)OCc1ccccc1)C(=O)N[C@@H](CC(=O)O)C(=O)O. The maximum absolute atomic E-state index is 12.3. The average Bonchev–Trinajstić information content (AvgIpc) is 2.63. The maximum atomic E-state index is 12.3. The van der Waals surface area contributed by atoms with Gasteiger partial charge in [-0.3, -0.25) is 9.59 Å². The van der Waals surface area contributed by atoms with Crippen LogP contribution in [0, 0.1) is 0 Å². The molecule has 0 fully saturated rings. The van der Waals surface area contributed by atoms with Gasteiger partial charge >= 0.3 is 18.0 Å². The molecule has 1 aromatic carbocycles. The van der Waals surface area contributed by atoms with Gasteiger partial charge in [0.15, 0.2) is 0 Å². The van der Waals surface area contributed by atoms with Gasteiger partial charge in [-0.1, -0.05) is 30.3 Å². The molecule has 10 heteroatoms. The van der Waals surface area contributed by atoms with Crippen LogP contribution in [0.5, 0.6) is 0 Å². The smallest absolute Gasteiger partial charge is 0.408 e. The summed E-state index contributed by atoms with van der Waals surface area (Å²) in [6.45, 7) is 0.0142. The molecule has 0 unspecified atom stereocenters. The third kappa shape index (κ3) is 8.95. The Hall–Kier alpha value is -2.75. The summed E-state index contributed by atoms with van der Waals surface area (Å²) >= 11 is 1.44. The van der Waals surface area contributed by atoms with Gasteiger partial charge in [0.2, 0.25) is 5.91 Å². The van der Waals surface area contributed by atoms with E-state index in [4.69, 9.17) is 14.9 Å². The second-order valence-corrected chi connectivity index (χ2v) is 6.52. The lowest BCUT2D eigenvalue weighted by Gasteiger charge is -2.20. The molecule has 2 amide bonds. The largest absolute Gasteiger partial charge is 0.481 e. The molecule has 0 radical (unpaired) electrons. The molecule has 9 nitrogen and oxygen atoms in total. The van der Waals surface area contributed by atoms with Crippen LogP contribution in [0.2, 0.25) is 0 Å². The van der Waals surface area contributed by atoms with Crippen molar-refractivity contribution in [1.82, 2.24) is 10.6 Å². The number of rotatable bonds is 11. The lowest BCUT2D eigenvalue weighted by molar-refractivity contribution is -0.147. The highest BCUT2D eigenvalue weighted by molar-refractivity contribution is 7.98. The number of hydrogen-bond donors (Lipinski definition) is 4. The molecule has 0 aliphatic carbocycles. The third-order valence-electron chi connectivity index (χ3n) is 3.43. The van der Waals surface area contributed by atoms with E-state index >= 15 is 0 Å². The van der Waals surface area contributed by atoms with Gasteiger partial charge in [0.1, 0.15) is 18.7 Å². The molecule has 0 spiro atoms. The van der Waals surface area contributed by atoms with E-state index in [0.717, 1.165) is 5.56 Å². The number of ether oxygens (including phenoxy) is 1. The van der Waals surface area contributed by atoms with Gasteiger partial charge in [-0.05, 0) is 24.0 Å². The molecule has 4 N–H and O–H groups in total. The van der Waals surface area contributed by atoms with Gasteiger partial charge in [0.25, 0.3) is 0 Å². The molecule has 0 saturated carbocycles. The lowest BCUT2D eigenvalue weighted by Crippen LogP contribution is -2.52. The summed E-state index contributed by atoms with van der Waals surface area (Å²) in [5.41, 5.74) is 0.769. The number of carbonyl (C=O) groups is 4. The van der Waals surface area contributed by atoms with Gasteiger partial charge in [0, 0.05) is 0 Å². The molecule has 2 atom stereocenters. The van der Waals surface area contributed by atoms with Crippen molar-refractivity contribution in [2.24, 2.45) is 0 Å². The number of thioether (sulfide) groups is 1. The molecule has 0 heterocycles. The summed E-state index contributed by atoms with van der Waals surface area (Å²) in [4.78, 5) is 46.1. The molecule has 0 aliphatic rings. The molecule has 1 rings (SSSR count). The first kappa shape index (κ1) is 22.3. The van der Waals surface area contributed by atoms with Gasteiger partial charge in [-0.25, -0.2) is 9.59 Å². The quantitative estimate of drug-likeness (QED) is 0.434. The van der Waals surface area contributed by atoms with Crippen molar-refractivity contribution >= 4 is 35.7 Å². The van der Waals surface area contributed by atoms with Gasteiger partial charge < -0.3 is 25.6 Å². The number of carbonyl (C=O) groups excluding carboxylic acids is 2. The Kier molecular flexibility index (Phi) is 9.73.